The summed E-state index contributed by atoms with van der Waals surface area (Å²) in [6, 6.07) is 0. The lowest BCUT2D eigenvalue weighted by atomic mass is 9.91. The fourth-order valence-electron chi connectivity index (χ4n) is 2.15. The Morgan fingerprint density at radius 3 is 2.60 bits per heavy atom. The zero-order valence-corrected chi connectivity index (χ0v) is 12.4. The normalized spacial score (nSPS) is 30.3. The summed E-state index contributed by atoms with van der Waals surface area (Å²) in [6.45, 7) is 4.25. The number of hydrogen-bond acceptors (Lipinski definition) is 4. The molecule has 20 heavy (non-hydrogen) atoms. The first-order chi connectivity index (χ1) is 9.27. The van der Waals surface area contributed by atoms with Crippen molar-refractivity contribution in [1.29, 1.82) is 0 Å². The van der Waals surface area contributed by atoms with Crippen LogP contribution in [0.4, 0.5) is 13.2 Å². The van der Waals surface area contributed by atoms with Gasteiger partial charge in [-0.05, 0) is 25.7 Å². The van der Waals surface area contributed by atoms with Gasteiger partial charge in [0.05, 0.1) is 6.10 Å². The van der Waals surface area contributed by atoms with Crippen LogP contribution in [0.1, 0.15) is 33.1 Å². The van der Waals surface area contributed by atoms with Crippen LogP contribution in [0.2, 0.25) is 0 Å². The van der Waals surface area contributed by atoms with Gasteiger partial charge in [0, 0.05) is 6.54 Å². The average Bonchev–Trinajstić information content (AvgIpc) is 2.36. The highest BCUT2D eigenvalue weighted by Gasteiger charge is 2.47. The van der Waals surface area contributed by atoms with Crippen molar-refractivity contribution in [2.24, 2.45) is 16.6 Å². The van der Waals surface area contributed by atoms with Gasteiger partial charge in [0.1, 0.15) is 5.44 Å². The summed E-state index contributed by atoms with van der Waals surface area (Å²) < 4.78 is 43.1. The molecule has 1 saturated heterocycles. The lowest BCUT2D eigenvalue weighted by Gasteiger charge is -2.37. The molecule has 1 fully saturated rings. The molecule has 1 aliphatic heterocycles. The van der Waals surface area contributed by atoms with Crippen LogP contribution in [0.5, 0.6) is 0 Å². The summed E-state index contributed by atoms with van der Waals surface area (Å²) in [5, 5.41) is 9.66. The van der Waals surface area contributed by atoms with Gasteiger partial charge in [-0.3, -0.25) is 4.99 Å². The molecule has 0 aromatic heterocycles. The quantitative estimate of drug-likeness (QED) is 0.618. The first-order valence-corrected chi connectivity index (χ1v) is 7.52. The molecule has 3 N–H and O–H groups in total. The van der Waals surface area contributed by atoms with Gasteiger partial charge in [-0.2, -0.15) is 13.2 Å². The molecule has 2 unspecified atom stereocenters. The number of amidine groups is 1. The van der Waals surface area contributed by atoms with Crippen molar-refractivity contribution in [1.82, 2.24) is 0 Å². The first-order valence-electron chi connectivity index (χ1n) is 6.64. The standard InChI is InChI=1S/C12H21F3N2O2S/c1-3-7-5-8(10(18)12(13,14)15)19-9(6-7)20-11(16)17-4-2/h7-10,18H,3-6H2,1-2H3,(H2,16,17)/t7?,8-,9+,10?/m0/s1. The topological polar surface area (TPSA) is 67.8 Å². The third-order valence-corrected chi connectivity index (χ3v) is 4.19. The molecule has 0 aliphatic carbocycles. The summed E-state index contributed by atoms with van der Waals surface area (Å²) >= 11 is 1.12. The van der Waals surface area contributed by atoms with Crippen molar-refractivity contribution < 1.29 is 23.0 Å². The fraction of sp³-hybridized carbons (Fsp3) is 0.917. The number of thioether (sulfide) groups is 1. The number of halogens is 3. The van der Waals surface area contributed by atoms with E-state index in [-0.39, 0.29) is 12.3 Å². The molecular formula is C12H21F3N2O2S. The zero-order valence-electron chi connectivity index (χ0n) is 11.6. The van der Waals surface area contributed by atoms with Gasteiger partial charge in [0.25, 0.3) is 0 Å². The molecule has 0 radical (unpaired) electrons. The molecule has 0 bridgehead atoms. The minimum Gasteiger partial charge on any atom is -0.381 e. The maximum Gasteiger partial charge on any atom is 0.416 e. The third-order valence-electron chi connectivity index (χ3n) is 3.25. The zero-order chi connectivity index (χ0) is 15.3. The molecule has 0 saturated carbocycles. The van der Waals surface area contributed by atoms with Crippen LogP contribution >= 0.6 is 11.8 Å². The molecule has 8 heteroatoms. The Balaban J connectivity index is 2.72. The number of hydrogen-bond donors (Lipinski definition) is 2. The van der Waals surface area contributed by atoms with Crippen LogP contribution < -0.4 is 5.73 Å². The Bertz CT molecular complexity index is 339. The Morgan fingerprint density at radius 1 is 1.45 bits per heavy atom. The minimum absolute atomic E-state index is 0.0812. The third kappa shape index (κ3) is 5.14. The van der Waals surface area contributed by atoms with Gasteiger partial charge in [0.15, 0.2) is 11.3 Å². The number of nitrogens with two attached hydrogens (primary N) is 1. The second-order valence-electron chi connectivity index (χ2n) is 4.77. The Kier molecular flexibility index (Phi) is 6.60. The van der Waals surface area contributed by atoms with Crippen LogP contribution in [0.3, 0.4) is 0 Å². The van der Waals surface area contributed by atoms with Crippen LogP contribution in [-0.2, 0) is 4.74 Å². The molecule has 1 aliphatic rings. The van der Waals surface area contributed by atoms with Gasteiger partial charge < -0.3 is 15.6 Å². The van der Waals surface area contributed by atoms with Crippen LogP contribution in [0, 0.1) is 5.92 Å². The van der Waals surface area contributed by atoms with Gasteiger partial charge in [-0.15, -0.1) is 0 Å². The summed E-state index contributed by atoms with van der Waals surface area (Å²) in [4.78, 5) is 3.98. The highest BCUT2D eigenvalue weighted by atomic mass is 32.2. The lowest BCUT2D eigenvalue weighted by molar-refractivity contribution is -0.246. The van der Waals surface area contributed by atoms with E-state index in [0.29, 0.717) is 18.1 Å². The molecule has 1 rings (SSSR count). The maximum absolute atomic E-state index is 12.6. The molecule has 0 spiro atoms. The van der Waals surface area contributed by atoms with E-state index in [1.165, 1.54) is 0 Å². The number of aliphatic imine (C=N–C) groups is 1. The van der Waals surface area contributed by atoms with Crippen molar-refractivity contribution in [2.75, 3.05) is 6.54 Å². The Morgan fingerprint density at radius 2 is 2.10 bits per heavy atom. The van der Waals surface area contributed by atoms with Crippen molar-refractivity contribution in [3.05, 3.63) is 0 Å². The Hall–Kier alpha value is -0.470. The minimum atomic E-state index is -4.67. The predicted octanol–water partition coefficient (Wildman–Crippen LogP) is 2.51. The smallest absolute Gasteiger partial charge is 0.381 e. The highest BCUT2D eigenvalue weighted by molar-refractivity contribution is 8.14. The molecular weight excluding hydrogens is 293 g/mol. The Labute approximate surface area is 121 Å². The van der Waals surface area contributed by atoms with E-state index in [0.717, 1.165) is 18.2 Å². The van der Waals surface area contributed by atoms with Crippen molar-refractivity contribution in [2.45, 2.75) is 56.9 Å². The second-order valence-corrected chi connectivity index (χ2v) is 5.95. The van der Waals surface area contributed by atoms with E-state index >= 15 is 0 Å². The first kappa shape index (κ1) is 17.6. The predicted molar refractivity (Wildman–Crippen MR) is 73.5 cm³/mol. The van der Waals surface area contributed by atoms with Gasteiger partial charge >= 0.3 is 6.18 Å². The van der Waals surface area contributed by atoms with E-state index in [1.807, 2.05) is 13.8 Å². The molecule has 0 aromatic carbocycles. The molecule has 118 valence electrons. The molecule has 0 aromatic rings. The number of alkyl halides is 3. The van der Waals surface area contributed by atoms with Gasteiger partial charge in [-0.25, -0.2) is 0 Å². The van der Waals surface area contributed by atoms with Gasteiger partial charge in [-0.1, -0.05) is 25.1 Å². The fourth-order valence-corrected chi connectivity index (χ4v) is 3.19. The molecule has 0 amide bonds. The van der Waals surface area contributed by atoms with Crippen LogP contribution in [-0.4, -0.2) is 40.6 Å². The highest BCUT2D eigenvalue weighted by Crippen LogP contribution is 2.37. The average molecular weight is 314 g/mol. The maximum atomic E-state index is 12.6. The SMILES string of the molecule is CCN=C(N)S[C@@H]1CC(CC)C[C@@H](C(O)C(F)(F)F)O1. The molecule has 4 nitrogen and oxygen atoms in total. The number of nitrogens with zero attached hydrogens (tertiary/aromatic N) is 1. The summed E-state index contributed by atoms with van der Waals surface area (Å²) in [5.74, 6) is 0.0812. The summed E-state index contributed by atoms with van der Waals surface area (Å²) in [5.41, 5.74) is 5.16. The van der Waals surface area contributed by atoms with E-state index in [2.05, 4.69) is 4.99 Å². The number of aliphatic hydroxyl groups excluding tert-OH is 1. The van der Waals surface area contributed by atoms with E-state index in [9.17, 15) is 18.3 Å². The largest absolute Gasteiger partial charge is 0.416 e. The van der Waals surface area contributed by atoms with Crippen LogP contribution in [0.15, 0.2) is 4.99 Å². The molecule has 1 heterocycles. The summed E-state index contributed by atoms with van der Waals surface area (Å²) in [6.07, 6.45) is -6.79. The van der Waals surface area contributed by atoms with E-state index < -0.39 is 23.8 Å². The number of aliphatic hydroxyl groups is 1. The lowest BCUT2D eigenvalue weighted by Crippen LogP contribution is -2.46. The summed E-state index contributed by atoms with van der Waals surface area (Å²) in [7, 11) is 0. The van der Waals surface area contributed by atoms with Crippen molar-refractivity contribution >= 4 is 16.9 Å². The number of ether oxygens (including phenoxy) is 1. The van der Waals surface area contributed by atoms with Gasteiger partial charge in [0.2, 0.25) is 0 Å². The van der Waals surface area contributed by atoms with E-state index in [1.54, 1.807) is 0 Å². The monoisotopic (exact) mass is 314 g/mol. The van der Waals surface area contributed by atoms with Crippen molar-refractivity contribution in [3.63, 3.8) is 0 Å². The molecule has 4 atom stereocenters. The second kappa shape index (κ2) is 7.51. The van der Waals surface area contributed by atoms with E-state index in [4.69, 9.17) is 10.5 Å². The number of rotatable bonds is 4. The van der Waals surface area contributed by atoms with Crippen LogP contribution in [0.25, 0.3) is 0 Å². The van der Waals surface area contributed by atoms with Crippen molar-refractivity contribution in [3.8, 4) is 0 Å².